The molecule has 0 fully saturated rings. The minimum atomic E-state index is 0.0623. The van der Waals surface area contributed by atoms with Crippen molar-refractivity contribution >= 4 is 15.9 Å². The van der Waals surface area contributed by atoms with Crippen molar-refractivity contribution in [1.82, 2.24) is 0 Å². The lowest BCUT2D eigenvalue weighted by Crippen LogP contribution is -1.97. The number of methoxy groups -OCH3 is 1. The maximum Gasteiger partial charge on any atom is 0.136 e. The Kier molecular flexibility index (Phi) is 3.75. The number of benzene rings is 1. The first-order valence-corrected chi connectivity index (χ1v) is 4.99. The monoisotopic (exact) mass is 244 g/mol. The number of aliphatic hydroxyl groups excluding tert-OH is 1. The number of ether oxygens (including phenoxy) is 1. The van der Waals surface area contributed by atoms with Crippen LogP contribution < -0.4 is 4.74 Å². The van der Waals surface area contributed by atoms with E-state index < -0.39 is 0 Å². The summed E-state index contributed by atoms with van der Waals surface area (Å²) < 4.78 is 6.19. The number of halogens is 1. The van der Waals surface area contributed by atoms with Crippen LogP contribution in [0.3, 0.4) is 0 Å². The highest BCUT2D eigenvalue weighted by atomic mass is 79.9. The predicted molar refractivity (Wildman–Crippen MR) is 56.0 cm³/mol. The summed E-state index contributed by atoms with van der Waals surface area (Å²) in [4.78, 5) is 0. The van der Waals surface area contributed by atoms with Crippen LogP contribution in [-0.2, 0) is 13.0 Å². The normalized spacial score (nSPS) is 10.2. The molecule has 0 atom stereocenters. The molecule has 1 N–H and O–H groups in total. The summed E-state index contributed by atoms with van der Waals surface area (Å²) >= 11 is 3.40. The molecule has 0 saturated heterocycles. The summed E-state index contributed by atoms with van der Waals surface area (Å²) in [6.07, 6.45) is 0.860. The van der Waals surface area contributed by atoms with Crippen molar-refractivity contribution in [2.24, 2.45) is 0 Å². The molecule has 72 valence electrons. The zero-order chi connectivity index (χ0) is 9.84. The van der Waals surface area contributed by atoms with Crippen LogP contribution >= 0.6 is 15.9 Å². The van der Waals surface area contributed by atoms with Crippen molar-refractivity contribution in [2.75, 3.05) is 7.11 Å². The van der Waals surface area contributed by atoms with Gasteiger partial charge < -0.3 is 9.84 Å². The molecule has 0 saturated carbocycles. The van der Waals surface area contributed by atoms with Crippen molar-refractivity contribution in [3.63, 3.8) is 0 Å². The van der Waals surface area contributed by atoms with Gasteiger partial charge in [0.25, 0.3) is 0 Å². The summed E-state index contributed by atoms with van der Waals surface area (Å²) in [6.45, 7) is 2.11. The Morgan fingerprint density at radius 1 is 1.46 bits per heavy atom. The van der Waals surface area contributed by atoms with E-state index in [1.807, 2.05) is 19.1 Å². The Balaban J connectivity index is 3.27. The van der Waals surface area contributed by atoms with Gasteiger partial charge in [-0.25, -0.2) is 0 Å². The van der Waals surface area contributed by atoms with Crippen LogP contribution in [0.1, 0.15) is 18.1 Å². The molecule has 0 aliphatic rings. The average molecular weight is 245 g/mol. The molecule has 0 aromatic heterocycles. The van der Waals surface area contributed by atoms with Gasteiger partial charge in [-0.2, -0.15) is 0 Å². The third-order valence-electron chi connectivity index (χ3n) is 2.04. The fourth-order valence-corrected chi connectivity index (χ4v) is 1.93. The van der Waals surface area contributed by atoms with Gasteiger partial charge in [-0.05, 0) is 34.0 Å². The van der Waals surface area contributed by atoms with Crippen molar-refractivity contribution < 1.29 is 9.84 Å². The molecule has 13 heavy (non-hydrogen) atoms. The Morgan fingerprint density at radius 2 is 2.15 bits per heavy atom. The molecule has 0 amide bonds. The Hall–Kier alpha value is -0.540. The van der Waals surface area contributed by atoms with Crippen molar-refractivity contribution in [2.45, 2.75) is 20.0 Å². The summed E-state index contributed by atoms with van der Waals surface area (Å²) in [5, 5.41) is 9.09. The van der Waals surface area contributed by atoms with Crippen LogP contribution in [0.2, 0.25) is 0 Å². The molecule has 0 radical (unpaired) electrons. The second-order valence-corrected chi connectivity index (χ2v) is 3.58. The van der Waals surface area contributed by atoms with E-state index in [0.29, 0.717) is 0 Å². The SMILES string of the molecule is CCc1c(CO)ccc(Br)c1OC. The van der Waals surface area contributed by atoms with Crippen LogP contribution in [0.25, 0.3) is 0 Å². The van der Waals surface area contributed by atoms with Gasteiger partial charge >= 0.3 is 0 Å². The lowest BCUT2D eigenvalue weighted by molar-refractivity contribution is 0.279. The zero-order valence-electron chi connectivity index (χ0n) is 7.80. The van der Waals surface area contributed by atoms with Crippen molar-refractivity contribution in [3.8, 4) is 5.75 Å². The fourth-order valence-electron chi connectivity index (χ4n) is 1.40. The molecule has 1 rings (SSSR count). The summed E-state index contributed by atoms with van der Waals surface area (Å²) in [7, 11) is 1.64. The largest absolute Gasteiger partial charge is 0.495 e. The highest BCUT2D eigenvalue weighted by Crippen LogP contribution is 2.31. The lowest BCUT2D eigenvalue weighted by atomic mass is 10.0. The smallest absolute Gasteiger partial charge is 0.136 e. The highest BCUT2D eigenvalue weighted by Gasteiger charge is 2.09. The van der Waals surface area contributed by atoms with E-state index in [9.17, 15) is 0 Å². The van der Waals surface area contributed by atoms with Crippen molar-refractivity contribution in [3.05, 3.63) is 27.7 Å². The van der Waals surface area contributed by atoms with E-state index in [2.05, 4.69) is 15.9 Å². The predicted octanol–water partition coefficient (Wildman–Crippen LogP) is 2.51. The minimum absolute atomic E-state index is 0.0623. The topological polar surface area (TPSA) is 29.5 Å². The maximum absolute atomic E-state index is 9.09. The number of rotatable bonds is 3. The van der Waals surface area contributed by atoms with Crippen LogP contribution in [0.15, 0.2) is 16.6 Å². The second kappa shape index (κ2) is 4.63. The van der Waals surface area contributed by atoms with E-state index in [0.717, 1.165) is 27.8 Å². The van der Waals surface area contributed by atoms with Gasteiger partial charge in [0.15, 0.2) is 0 Å². The van der Waals surface area contributed by atoms with Crippen molar-refractivity contribution in [1.29, 1.82) is 0 Å². The molecule has 0 spiro atoms. The molecule has 1 aromatic carbocycles. The first kappa shape index (κ1) is 10.5. The molecule has 0 aliphatic heterocycles. The number of hydrogen-bond acceptors (Lipinski definition) is 2. The van der Waals surface area contributed by atoms with Gasteiger partial charge in [-0.1, -0.05) is 13.0 Å². The van der Waals surface area contributed by atoms with E-state index in [4.69, 9.17) is 9.84 Å². The first-order chi connectivity index (χ1) is 6.24. The standard InChI is InChI=1S/C10H13BrO2/c1-3-8-7(6-12)4-5-9(11)10(8)13-2/h4-5,12H,3,6H2,1-2H3. The van der Waals surface area contributed by atoms with Gasteiger partial charge in [-0.15, -0.1) is 0 Å². The molecular formula is C10H13BrO2. The molecule has 0 aliphatic carbocycles. The van der Waals surface area contributed by atoms with Gasteiger partial charge in [0.05, 0.1) is 18.2 Å². The second-order valence-electron chi connectivity index (χ2n) is 2.73. The van der Waals surface area contributed by atoms with Gasteiger partial charge in [0.1, 0.15) is 5.75 Å². The summed E-state index contributed by atoms with van der Waals surface area (Å²) in [5.41, 5.74) is 2.00. The van der Waals surface area contributed by atoms with E-state index >= 15 is 0 Å². The number of hydrogen-bond donors (Lipinski definition) is 1. The van der Waals surface area contributed by atoms with E-state index in [1.165, 1.54) is 0 Å². The minimum Gasteiger partial charge on any atom is -0.495 e. The molecule has 3 heteroatoms. The summed E-state index contributed by atoms with van der Waals surface area (Å²) in [6, 6.07) is 3.80. The Morgan fingerprint density at radius 3 is 2.62 bits per heavy atom. The van der Waals surface area contributed by atoms with Crippen LogP contribution in [0, 0.1) is 0 Å². The quantitative estimate of drug-likeness (QED) is 0.886. The van der Waals surface area contributed by atoms with Crippen LogP contribution in [-0.4, -0.2) is 12.2 Å². The van der Waals surface area contributed by atoms with Crippen LogP contribution in [0.5, 0.6) is 5.75 Å². The lowest BCUT2D eigenvalue weighted by Gasteiger charge is -2.12. The molecule has 1 aromatic rings. The zero-order valence-corrected chi connectivity index (χ0v) is 9.39. The number of aliphatic hydroxyl groups is 1. The first-order valence-electron chi connectivity index (χ1n) is 4.19. The average Bonchev–Trinajstić information content (AvgIpc) is 2.17. The highest BCUT2D eigenvalue weighted by molar-refractivity contribution is 9.10. The van der Waals surface area contributed by atoms with E-state index in [1.54, 1.807) is 7.11 Å². The Bertz CT molecular complexity index is 297. The molecule has 2 nitrogen and oxygen atoms in total. The molecule has 0 heterocycles. The van der Waals surface area contributed by atoms with Gasteiger partial charge in [-0.3, -0.25) is 0 Å². The Labute approximate surface area is 86.7 Å². The maximum atomic E-state index is 9.09. The molecular weight excluding hydrogens is 232 g/mol. The third kappa shape index (κ3) is 2.03. The van der Waals surface area contributed by atoms with Crippen LogP contribution in [0.4, 0.5) is 0 Å². The summed E-state index contributed by atoms with van der Waals surface area (Å²) in [5.74, 6) is 0.828. The third-order valence-corrected chi connectivity index (χ3v) is 2.66. The van der Waals surface area contributed by atoms with Gasteiger partial charge in [0.2, 0.25) is 0 Å². The fraction of sp³-hybridized carbons (Fsp3) is 0.400. The molecule has 0 bridgehead atoms. The molecule has 0 unspecified atom stereocenters. The van der Waals surface area contributed by atoms with E-state index in [-0.39, 0.29) is 6.61 Å². The van der Waals surface area contributed by atoms with Gasteiger partial charge in [0, 0.05) is 5.56 Å².